The number of furan rings is 1. The van der Waals surface area contributed by atoms with Crippen molar-refractivity contribution in [1.29, 1.82) is 0 Å². The first-order valence-electron chi connectivity index (χ1n) is 9.80. The van der Waals surface area contributed by atoms with Gasteiger partial charge in [-0.1, -0.05) is 6.07 Å². The van der Waals surface area contributed by atoms with Gasteiger partial charge in [-0.05, 0) is 54.6 Å². The van der Waals surface area contributed by atoms with E-state index in [-0.39, 0.29) is 18.4 Å². The van der Waals surface area contributed by atoms with E-state index in [1.54, 1.807) is 49.8 Å². The molecule has 3 aromatic rings. The topological polar surface area (TPSA) is 102 Å². The number of methoxy groups -OCH3 is 1. The summed E-state index contributed by atoms with van der Waals surface area (Å²) in [4.78, 5) is 24.6. The molecule has 8 heteroatoms. The number of nitrogens with one attached hydrogen (secondary N) is 3. The number of amides is 2. The van der Waals surface area contributed by atoms with E-state index in [4.69, 9.17) is 13.9 Å². The molecule has 2 amide bonds. The van der Waals surface area contributed by atoms with Crippen molar-refractivity contribution in [3.63, 3.8) is 0 Å². The lowest BCUT2D eigenvalue weighted by Gasteiger charge is -2.10. The van der Waals surface area contributed by atoms with Gasteiger partial charge in [0, 0.05) is 24.0 Å². The molecule has 31 heavy (non-hydrogen) atoms. The summed E-state index contributed by atoms with van der Waals surface area (Å²) in [7, 11) is 1.62. The van der Waals surface area contributed by atoms with Crippen LogP contribution in [0.25, 0.3) is 0 Å². The van der Waals surface area contributed by atoms with E-state index in [0.29, 0.717) is 36.8 Å². The molecule has 1 heterocycles. The number of hydrogen-bond acceptors (Lipinski definition) is 6. The summed E-state index contributed by atoms with van der Waals surface area (Å²) < 4.78 is 15.6. The van der Waals surface area contributed by atoms with Crippen molar-refractivity contribution in [3.8, 4) is 5.75 Å². The lowest BCUT2D eigenvalue weighted by Crippen LogP contribution is -2.24. The Balaban J connectivity index is 1.45. The number of carbonyl (C=O) groups excluding carboxylic acids is 2. The van der Waals surface area contributed by atoms with Crippen LogP contribution in [0.15, 0.2) is 71.3 Å². The molecule has 162 valence electrons. The molecular formula is C23H25N3O5. The fraction of sp³-hybridized carbons (Fsp3) is 0.217. The van der Waals surface area contributed by atoms with Crippen LogP contribution in [0.2, 0.25) is 0 Å². The fourth-order valence-corrected chi connectivity index (χ4v) is 2.72. The zero-order valence-corrected chi connectivity index (χ0v) is 17.2. The molecule has 0 bridgehead atoms. The Kier molecular flexibility index (Phi) is 8.07. The monoisotopic (exact) mass is 423 g/mol. The molecule has 0 radical (unpaired) electrons. The summed E-state index contributed by atoms with van der Waals surface area (Å²) in [6.45, 7) is 1.37. The van der Waals surface area contributed by atoms with Crippen LogP contribution < -0.4 is 20.7 Å². The summed E-state index contributed by atoms with van der Waals surface area (Å²) in [5.74, 6) is 0.916. The highest BCUT2D eigenvalue weighted by Gasteiger charge is 2.09. The Bertz CT molecular complexity index is 971. The van der Waals surface area contributed by atoms with Gasteiger partial charge in [0.1, 0.15) is 18.1 Å². The highest BCUT2D eigenvalue weighted by molar-refractivity contribution is 5.98. The van der Waals surface area contributed by atoms with Gasteiger partial charge in [0.05, 0.1) is 26.0 Å². The fourth-order valence-electron chi connectivity index (χ4n) is 2.72. The number of rotatable bonds is 11. The van der Waals surface area contributed by atoms with Gasteiger partial charge in [-0.15, -0.1) is 0 Å². The smallest absolute Gasteiger partial charge is 0.251 e. The third kappa shape index (κ3) is 7.20. The van der Waals surface area contributed by atoms with Gasteiger partial charge >= 0.3 is 0 Å². The molecule has 0 aliphatic carbocycles. The molecule has 0 unspecified atom stereocenters. The maximum absolute atomic E-state index is 12.3. The van der Waals surface area contributed by atoms with Crippen molar-refractivity contribution in [2.24, 2.45) is 0 Å². The van der Waals surface area contributed by atoms with E-state index >= 15 is 0 Å². The van der Waals surface area contributed by atoms with E-state index in [2.05, 4.69) is 16.0 Å². The Morgan fingerprint density at radius 2 is 1.81 bits per heavy atom. The van der Waals surface area contributed by atoms with Gasteiger partial charge < -0.3 is 29.8 Å². The van der Waals surface area contributed by atoms with Crippen molar-refractivity contribution in [2.75, 3.05) is 37.5 Å². The number of benzene rings is 2. The SMILES string of the molecule is COCCOc1ccc(NCC(=O)Nc2cccc(C(=O)NCc3ccco3)c2)cc1. The number of carbonyl (C=O) groups is 2. The molecule has 0 aliphatic heterocycles. The third-order valence-corrected chi connectivity index (χ3v) is 4.28. The molecule has 0 atom stereocenters. The lowest BCUT2D eigenvalue weighted by molar-refractivity contribution is -0.114. The second-order valence-electron chi connectivity index (χ2n) is 6.61. The quantitative estimate of drug-likeness (QED) is 0.409. The van der Waals surface area contributed by atoms with Gasteiger partial charge in [0.15, 0.2) is 0 Å². The van der Waals surface area contributed by atoms with Crippen molar-refractivity contribution in [1.82, 2.24) is 5.32 Å². The average molecular weight is 423 g/mol. The molecule has 0 fully saturated rings. The molecule has 0 saturated carbocycles. The van der Waals surface area contributed by atoms with Crippen LogP contribution in [0.5, 0.6) is 5.75 Å². The van der Waals surface area contributed by atoms with Crippen molar-refractivity contribution < 1.29 is 23.5 Å². The molecule has 0 spiro atoms. The predicted molar refractivity (Wildman–Crippen MR) is 117 cm³/mol. The summed E-state index contributed by atoms with van der Waals surface area (Å²) >= 11 is 0. The molecule has 2 aromatic carbocycles. The molecule has 3 N–H and O–H groups in total. The highest BCUT2D eigenvalue weighted by Crippen LogP contribution is 2.16. The minimum Gasteiger partial charge on any atom is -0.491 e. The van der Waals surface area contributed by atoms with Crippen LogP contribution in [0.1, 0.15) is 16.1 Å². The van der Waals surface area contributed by atoms with E-state index in [1.165, 1.54) is 0 Å². The Labute approximate surface area is 180 Å². The number of ether oxygens (including phenoxy) is 2. The Morgan fingerprint density at radius 3 is 2.55 bits per heavy atom. The summed E-state index contributed by atoms with van der Waals surface area (Å²) in [5.41, 5.74) is 1.78. The van der Waals surface area contributed by atoms with Gasteiger partial charge in [0.2, 0.25) is 5.91 Å². The minimum absolute atomic E-state index is 0.0821. The molecule has 1 aromatic heterocycles. The van der Waals surface area contributed by atoms with E-state index < -0.39 is 0 Å². The zero-order valence-electron chi connectivity index (χ0n) is 17.2. The van der Waals surface area contributed by atoms with Crippen LogP contribution in [-0.2, 0) is 16.1 Å². The summed E-state index contributed by atoms with van der Waals surface area (Å²) in [6, 6.07) is 17.6. The summed E-state index contributed by atoms with van der Waals surface area (Å²) in [6.07, 6.45) is 1.55. The molecule has 3 rings (SSSR count). The van der Waals surface area contributed by atoms with E-state index in [9.17, 15) is 9.59 Å². The van der Waals surface area contributed by atoms with Crippen molar-refractivity contribution >= 4 is 23.2 Å². The summed E-state index contributed by atoms with van der Waals surface area (Å²) in [5, 5.41) is 8.61. The maximum Gasteiger partial charge on any atom is 0.251 e. The highest BCUT2D eigenvalue weighted by atomic mass is 16.5. The first kappa shape index (κ1) is 21.9. The second kappa shape index (κ2) is 11.4. The first-order valence-corrected chi connectivity index (χ1v) is 9.80. The third-order valence-electron chi connectivity index (χ3n) is 4.28. The molecular weight excluding hydrogens is 398 g/mol. The molecule has 0 aliphatic rings. The van der Waals surface area contributed by atoms with E-state index in [1.807, 2.05) is 24.3 Å². The van der Waals surface area contributed by atoms with Crippen LogP contribution in [0.3, 0.4) is 0 Å². The Hall–Kier alpha value is -3.78. The van der Waals surface area contributed by atoms with Gasteiger partial charge in [-0.25, -0.2) is 0 Å². The molecule has 0 saturated heterocycles. The number of anilines is 2. The average Bonchev–Trinajstić information content (AvgIpc) is 3.31. The largest absolute Gasteiger partial charge is 0.491 e. The van der Waals surface area contributed by atoms with Crippen LogP contribution in [0.4, 0.5) is 11.4 Å². The second-order valence-corrected chi connectivity index (χ2v) is 6.61. The van der Waals surface area contributed by atoms with Crippen LogP contribution in [0, 0.1) is 0 Å². The molecule has 8 nitrogen and oxygen atoms in total. The zero-order chi connectivity index (χ0) is 21.9. The van der Waals surface area contributed by atoms with Gasteiger partial charge in [-0.2, -0.15) is 0 Å². The Morgan fingerprint density at radius 1 is 0.968 bits per heavy atom. The van der Waals surface area contributed by atoms with Gasteiger partial charge in [-0.3, -0.25) is 9.59 Å². The predicted octanol–water partition coefficient (Wildman–Crippen LogP) is 3.29. The van der Waals surface area contributed by atoms with Crippen molar-refractivity contribution in [2.45, 2.75) is 6.54 Å². The van der Waals surface area contributed by atoms with E-state index in [0.717, 1.165) is 11.4 Å². The normalized spacial score (nSPS) is 10.4. The minimum atomic E-state index is -0.251. The first-order chi connectivity index (χ1) is 15.1. The lowest BCUT2D eigenvalue weighted by atomic mass is 10.2. The van der Waals surface area contributed by atoms with Crippen molar-refractivity contribution in [3.05, 3.63) is 78.3 Å². The van der Waals surface area contributed by atoms with Crippen LogP contribution in [-0.4, -0.2) is 38.7 Å². The number of hydrogen-bond donors (Lipinski definition) is 3. The van der Waals surface area contributed by atoms with Gasteiger partial charge in [0.25, 0.3) is 5.91 Å². The van der Waals surface area contributed by atoms with Crippen LogP contribution >= 0.6 is 0 Å². The maximum atomic E-state index is 12.3. The standard InChI is InChI=1S/C23H25N3O5/c1-29-12-13-31-20-9-7-18(8-10-20)24-16-22(27)26-19-5-2-4-17(14-19)23(28)25-15-21-6-3-11-30-21/h2-11,14,24H,12-13,15-16H2,1H3,(H,25,28)(H,26,27).